The molecule has 3 atom stereocenters. The average molecular weight is 423 g/mol. The Morgan fingerprint density at radius 2 is 1.83 bits per heavy atom. The molecule has 2 fully saturated rings. The molecule has 1 aromatic rings. The number of halogens is 1. The second-order valence-corrected chi connectivity index (χ2v) is 9.31. The number of nitrogens with two attached hydrogens (primary N) is 1. The van der Waals surface area contributed by atoms with E-state index in [1.54, 1.807) is 0 Å². The van der Waals surface area contributed by atoms with Crippen LogP contribution in [-0.4, -0.2) is 58.3 Å². The number of carboxylic acids is 1. The summed E-state index contributed by atoms with van der Waals surface area (Å²) in [5.74, 6) is -0.369. The molecule has 0 bridgehead atoms. The van der Waals surface area contributed by atoms with Gasteiger partial charge in [0.15, 0.2) is 0 Å². The topological polar surface area (TPSA) is 107 Å². The van der Waals surface area contributed by atoms with Crippen LogP contribution in [0.5, 0.6) is 0 Å². The lowest BCUT2D eigenvalue weighted by atomic mass is 9.66. The largest absolute Gasteiger partial charge is 0.480 e. The summed E-state index contributed by atoms with van der Waals surface area (Å²) in [7, 11) is -1.34. The summed E-state index contributed by atoms with van der Waals surface area (Å²) in [6.07, 6.45) is 5.04. The molecule has 1 aromatic carbocycles. The average Bonchev–Trinajstić information content (AvgIpc) is 2.69. The van der Waals surface area contributed by atoms with E-state index in [9.17, 15) is 9.90 Å². The molecular weight excluding hydrogens is 391 g/mol. The van der Waals surface area contributed by atoms with Crippen molar-refractivity contribution in [1.29, 1.82) is 0 Å². The molecule has 2 unspecified atom stereocenters. The van der Waals surface area contributed by atoms with Gasteiger partial charge >= 0.3 is 13.1 Å². The Balaban J connectivity index is 1.55. The molecule has 160 valence electrons. The van der Waals surface area contributed by atoms with Gasteiger partial charge in [0, 0.05) is 17.5 Å². The Morgan fingerprint density at radius 3 is 2.41 bits per heavy atom. The molecule has 5 N–H and O–H groups in total. The van der Waals surface area contributed by atoms with E-state index in [0.717, 1.165) is 43.8 Å². The molecule has 6 nitrogen and oxygen atoms in total. The van der Waals surface area contributed by atoms with E-state index in [0.29, 0.717) is 25.3 Å². The van der Waals surface area contributed by atoms with Crippen LogP contribution in [0.3, 0.4) is 0 Å². The van der Waals surface area contributed by atoms with E-state index in [-0.39, 0.29) is 18.2 Å². The van der Waals surface area contributed by atoms with Crippen molar-refractivity contribution in [2.24, 2.45) is 17.6 Å². The molecule has 1 heterocycles. The minimum atomic E-state index is -1.34. The van der Waals surface area contributed by atoms with Crippen LogP contribution in [0.25, 0.3) is 0 Å². The molecule has 29 heavy (non-hydrogen) atoms. The van der Waals surface area contributed by atoms with E-state index in [1.807, 2.05) is 12.1 Å². The van der Waals surface area contributed by atoms with Crippen molar-refractivity contribution in [3.63, 3.8) is 0 Å². The SMILES string of the molecule is N[C@]1(C(=O)O)CC(CCB(O)O)CCC1CN1CCC(c2ccc(Cl)cc2)CC1. The summed E-state index contributed by atoms with van der Waals surface area (Å²) < 4.78 is 0. The van der Waals surface area contributed by atoms with Crippen LogP contribution >= 0.6 is 11.6 Å². The first-order valence-corrected chi connectivity index (χ1v) is 11.0. The highest BCUT2D eigenvalue weighted by molar-refractivity contribution is 6.40. The van der Waals surface area contributed by atoms with Crippen LogP contribution in [-0.2, 0) is 4.79 Å². The maximum absolute atomic E-state index is 12.0. The number of aliphatic carboxylic acids is 1. The number of hydrogen-bond donors (Lipinski definition) is 4. The monoisotopic (exact) mass is 422 g/mol. The molecule has 0 amide bonds. The first-order chi connectivity index (χ1) is 13.8. The number of carbonyl (C=O) groups is 1. The van der Waals surface area contributed by atoms with E-state index in [4.69, 9.17) is 27.4 Å². The second-order valence-electron chi connectivity index (χ2n) is 8.87. The standard InChI is InChI=1S/C21H32BClN2O4/c23-19-5-2-16(3-6-19)17-8-11-25(12-9-17)14-18-4-1-15(7-10-22(28)29)13-21(18,24)20(26)27/h2-3,5-6,15,17-18,28-29H,1,4,7-14,24H2,(H,26,27)/t15?,18?,21-/m1/s1. The summed E-state index contributed by atoms with van der Waals surface area (Å²) in [5.41, 5.74) is 6.51. The number of carboxylic acid groups (broad SMARTS) is 1. The van der Waals surface area contributed by atoms with Gasteiger partial charge < -0.3 is 25.8 Å². The fourth-order valence-electron chi connectivity index (χ4n) is 5.08. The zero-order valence-corrected chi connectivity index (χ0v) is 17.6. The Morgan fingerprint density at radius 1 is 1.17 bits per heavy atom. The molecule has 1 aliphatic carbocycles. The smallest absolute Gasteiger partial charge is 0.451 e. The summed E-state index contributed by atoms with van der Waals surface area (Å²) in [6, 6.07) is 8.07. The minimum Gasteiger partial charge on any atom is -0.480 e. The number of nitrogens with zero attached hydrogens (tertiary/aromatic N) is 1. The van der Waals surface area contributed by atoms with Crippen LogP contribution < -0.4 is 5.73 Å². The fourth-order valence-corrected chi connectivity index (χ4v) is 5.21. The zero-order valence-electron chi connectivity index (χ0n) is 16.8. The lowest BCUT2D eigenvalue weighted by Gasteiger charge is -2.44. The molecule has 1 saturated carbocycles. The highest BCUT2D eigenvalue weighted by Crippen LogP contribution is 2.39. The summed E-state index contributed by atoms with van der Waals surface area (Å²) >= 11 is 5.99. The first-order valence-electron chi connectivity index (χ1n) is 10.6. The lowest BCUT2D eigenvalue weighted by Crippen LogP contribution is -2.60. The molecule has 0 radical (unpaired) electrons. The van der Waals surface area contributed by atoms with E-state index >= 15 is 0 Å². The third kappa shape index (κ3) is 5.73. The number of piperidine rings is 1. The van der Waals surface area contributed by atoms with E-state index < -0.39 is 18.6 Å². The molecule has 1 saturated heterocycles. The van der Waals surface area contributed by atoms with Crippen LogP contribution in [0.2, 0.25) is 11.3 Å². The molecular formula is C21H32BClN2O4. The highest BCUT2D eigenvalue weighted by Gasteiger charge is 2.47. The third-order valence-electron chi connectivity index (χ3n) is 6.92. The van der Waals surface area contributed by atoms with Crippen LogP contribution in [0.1, 0.15) is 50.0 Å². The van der Waals surface area contributed by atoms with Crippen LogP contribution in [0.15, 0.2) is 24.3 Å². The van der Waals surface area contributed by atoms with Gasteiger partial charge in [0.1, 0.15) is 5.54 Å². The summed E-state index contributed by atoms with van der Waals surface area (Å²) in [5, 5.41) is 28.8. The Labute approximate surface area is 178 Å². The fraction of sp³-hybridized carbons (Fsp3) is 0.667. The molecule has 8 heteroatoms. The van der Waals surface area contributed by atoms with Crippen molar-refractivity contribution in [3.05, 3.63) is 34.9 Å². The number of rotatable bonds is 7. The molecule has 0 aromatic heterocycles. The maximum Gasteiger partial charge on any atom is 0.451 e. The minimum absolute atomic E-state index is 0.0811. The van der Waals surface area contributed by atoms with Crippen LogP contribution in [0, 0.1) is 11.8 Å². The Hall–Kier alpha value is -1.12. The number of hydrogen-bond acceptors (Lipinski definition) is 5. The first kappa shape index (κ1) is 22.6. The summed E-state index contributed by atoms with van der Waals surface area (Å²) in [4.78, 5) is 14.4. The molecule has 2 aliphatic rings. The van der Waals surface area contributed by atoms with Crippen molar-refractivity contribution >= 4 is 24.7 Å². The van der Waals surface area contributed by atoms with Gasteiger partial charge in [0.25, 0.3) is 0 Å². The maximum atomic E-state index is 12.0. The second kappa shape index (κ2) is 9.79. The van der Waals surface area contributed by atoms with Gasteiger partial charge in [-0.05, 0) is 81.0 Å². The van der Waals surface area contributed by atoms with E-state index in [2.05, 4.69) is 17.0 Å². The lowest BCUT2D eigenvalue weighted by molar-refractivity contribution is -0.148. The van der Waals surface area contributed by atoms with E-state index in [1.165, 1.54) is 5.56 Å². The number of likely N-dealkylation sites (tertiary alicyclic amines) is 1. The normalized spacial score (nSPS) is 29.0. The van der Waals surface area contributed by atoms with Crippen molar-refractivity contribution in [1.82, 2.24) is 4.90 Å². The molecule has 1 aliphatic heterocycles. The third-order valence-corrected chi connectivity index (χ3v) is 7.17. The summed E-state index contributed by atoms with van der Waals surface area (Å²) in [6.45, 7) is 2.60. The van der Waals surface area contributed by atoms with Gasteiger partial charge in [-0.3, -0.25) is 4.79 Å². The van der Waals surface area contributed by atoms with Gasteiger partial charge in [0.05, 0.1) is 0 Å². The van der Waals surface area contributed by atoms with Gasteiger partial charge in [-0.25, -0.2) is 0 Å². The predicted octanol–water partition coefficient (Wildman–Crippen LogP) is 2.58. The zero-order chi connectivity index (χ0) is 21.0. The Kier molecular flexibility index (Phi) is 7.62. The number of benzene rings is 1. The molecule has 0 spiro atoms. The molecule has 3 rings (SSSR count). The van der Waals surface area contributed by atoms with Gasteiger partial charge in [-0.1, -0.05) is 30.2 Å². The van der Waals surface area contributed by atoms with Crippen molar-refractivity contribution in [3.8, 4) is 0 Å². The van der Waals surface area contributed by atoms with Crippen molar-refractivity contribution < 1.29 is 19.9 Å². The quantitative estimate of drug-likeness (QED) is 0.503. The van der Waals surface area contributed by atoms with Crippen LogP contribution in [0.4, 0.5) is 0 Å². The van der Waals surface area contributed by atoms with Gasteiger partial charge in [0.2, 0.25) is 0 Å². The van der Waals surface area contributed by atoms with Gasteiger partial charge in [-0.15, -0.1) is 0 Å². The Bertz CT molecular complexity index is 682. The van der Waals surface area contributed by atoms with Gasteiger partial charge in [-0.2, -0.15) is 0 Å². The van der Waals surface area contributed by atoms with Crippen molar-refractivity contribution in [2.75, 3.05) is 19.6 Å². The highest BCUT2D eigenvalue weighted by atomic mass is 35.5. The van der Waals surface area contributed by atoms with Crippen molar-refractivity contribution in [2.45, 2.75) is 56.3 Å². The predicted molar refractivity (Wildman–Crippen MR) is 115 cm³/mol.